The molecule has 0 aliphatic rings. The summed E-state index contributed by atoms with van der Waals surface area (Å²) in [7, 11) is 1.86. The van der Waals surface area contributed by atoms with E-state index in [9.17, 15) is 0 Å². The highest BCUT2D eigenvalue weighted by Crippen LogP contribution is 2.33. The van der Waals surface area contributed by atoms with Gasteiger partial charge in [0.25, 0.3) is 0 Å². The summed E-state index contributed by atoms with van der Waals surface area (Å²) in [6, 6.07) is 8.16. The lowest BCUT2D eigenvalue weighted by molar-refractivity contribution is 0.451. The maximum Gasteiger partial charge on any atom is 0.227 e. The molecular weight excluding hydrogens is 262 g/mol. The van der Waals surface area contributed by atoms with Gasteiger partial charge in [0.2, 0.25) is 5.88 Å². The fourth-order valence-electron chi connectivity index (χ4n) is 2.21. The van der Waals surface area contributed by atoms with Gasteiger partial charge in [-0.05, 0) is 29.5 Å². The zero-order valence-corrected chi connectivity index (χ0v) is 13.3. The smallest absolute Gasteiger partial charge is 0.227 e. The van der Waals surface area contributed by atoms with Crippen LogP contribution in [0.5, 0.6) is 11.6 Å². The van der Waals surface area contributed by atoms with Crippen LogP contribution in [0.4, 0.5) is 5.82 Å². The van der Waals surface area contributed by atoms with Crippen molar-refractivity contribution in [1.82, 2.24) is 9.97 Å². The number of aromatic nitrogens is 2. The normalized spacial score (nSPS) is 11.0. The first-order valence-corrected chi connectivity index (χ1v) is 7.33. The largest absolute Gasteiger partial charge is 0.439 e. The number of hydrogen-bond donors (Lipinski definition) is 1. The molecule has 0 aliphatic carbocycles. The molecule has 1 aromatic heterocycles. The van der Waals surface area contributed by atoms with Crippen LogP contribution >= 0.6 is 0 Å². The molecule has 0 bridgehead atoms. The van der Waals surface area contributed by atoms with Crippen LogP contribution < -0.4 is 10.1 Å². The van der Waals surface area contributed by atoms with E-state index >= 15 is 0 Å². The molecule has 0 atom stereocenters. The highest BCUT2D eigenvalue weighted by atomic mass is 16.5. The van der Waals surface area contributed by atoms with Crippen LogP contribution in [0.15, 0.2) is 30.6 Å². The van der Waals surface area contributed by atoms with Crippen molar-refractivity contribution in [3.8, 4) is 11.6 Å². The molecule has 2 aromatic rings. The number of nitrogens with one attached hydrogen (secondary N) is 1. The second kappa shape index (κ2) is 6.57. The number of rotatable bonds is 5. The summed E-state index contributed by atoms with van der Waals surface area (Å²) in [5.41, 5.74) is 2.29. The van der Waals surface area contributed by atoms with E-state index in [0.29, 0.717) is 11.8 Å². The average molecular weight is 285 g/mol. The Labute approximate surface area is 126 Å². The topological polar surface area (TPSA) is 47.0 Å². The Bertz CT molecular complexity index is 591. The van der Waals surface area contributed by atoms with Gasteiger partial charge >= 0.3 is 0 Å². The molecule has 112 valence electrons. The Hall–Kier alpha value is -2.10. The molecule has 0 saturated carbocycles. The van der Waals surface area contributed by atoms with Crippen molar-refractivity contribution in [2.45, 2.75) is 39.5 Å². The Balaban J connectivity index is 2.30. The van der Waals surface area contributed by atoms with Gasteiger partial charge in [0.05, 0.1) is 5.56 Å². The van der Waals surface area contributed by atoms with Crippen LogP contribution in [-0.4, -0.2) is 17.0 Å². The minimum Gasteiger partial charge on any atom is -0.439 e. The fourth-order valence-corrected chi connectivity index (χ4v) is 2.21. The van der Waals surface area contributed by atoms with Gasteiger partial charge in [-0.25, -0.2) is 9.97 Å². The third kappa shape index (κ3) is 3.51. The predicted molar refractivity (Wildman–Crippen MR) is 86.3 cm³/mol. The molecule has 2 rings (SSSR count). The van der Waals surface area contributed by atoms with E-state index in [2.05, 4.69) is 55.1 Å². The van der Waals surface area contributed by atoms with E-state index in [-0.39, 0.29) is 5.92 Å². The van der Waals surface area contributed by atoms with E-state index in [1.807, 2.05) is 19.2 Å². The minimum absolute atomic E-state index is 0.276. The third-order valence-corrected chi connectivity index (χ3v) is 3.42. The van der Waals surface area contributed by atoms with Crippen molar-refractivity contribution in [2.75, 3.05) is 12.4 Å². The second-order valence-corrected chi connectivity index (χ2v) is 5.67. The molecule has 1 aromatic carbocycles. The first kappa shape index (κ1) is 15.3. The molecule has 4 nitrogen and oxygen atoms in total. The quantitative estimate of drug-likeness (QED) is 0.875. The van der Waals surface area contributed by atoms with E-state index in [1.165, 1.54) is 11.9 Å². The van der Waals surface area contributed by atoms with E-state index < -0.39 is 0 Å². The van der Waals surface area contributed by atoms with Crippen LogP contribution in [0.2, 0.25) is 0 Å². The van der Waals surface area contributed by atoms with Crippen molar-refractivity contribution in [3.63, 3.8) is 0 Å². The third-order valence-electron chi connectivity index (χ3n) is 3.42. The van der Waals surface area contributed by atoms with E-state index in [1.54, 1.807) is 0 Å². The van der Waals surface area contributed by atoms with Gasteiger partial charge in [-0.2, -0.15) is 0 Å². The molecule has 0 aliphatic heterocycles. The van der Waals surface area contributed by atoms with Gasteiger partial charge in [0.15, 0.2) is 0 Å². The summed E-state index contributed by atoms with van der Waals surface area (Å²) in [6.45, 7) is 8.56. The lowest BCUT2D eigenvalue weighted by Gasteiger charge is -2.16. The Morgan fingerprint density at radius 1 is 0.952 bits per heavy atom. The molecule has 0 amide bonds. The van der Waals surface area contributed by atoms with Crippen LogP contribution in [0, 0.1) is 0 Å². The highest BCUT2D eigenvalue weighted by Gasteiger charge is 2.16. The summed E-state index contributed by atoms with van der Waals surface area (Å²) >= 11 is 0. The molecule has 1 heterocycles. The molecule has 0 saturated heterocycles. The Morgan fingerprint density at radius 3 is 2.14 bits per heavy atom. The molecular formula is C17H23N3O. The predicted octanol–water partition coefficient (Wildman–Crippen LogP) is 4.56. The van der Waals surface area contributed by atoms with Crippen LogP contribution in [0.3, 0.4) is 0 Å². The van der Waals surface area contributed by atoms with Crippen LogP contribution in [0.25, 0.3) is 0 Å². The first-order valence-electron chi connectivity index (χ1n) is 7.33. The van der Waals surface area contributed by atoms with Gasteiger partial charge in [0.1, 0.15) is 17.9 Å². The summed E-state index contributed by atoms with van der Waals surface area (Å²) in [4.78, 5) is 8.54. The molecule has 4 heteroatoms. The number of ether oxygens (including phenoxy) is 1. The van der Waals surface area contributed by atoms with Gasteiger partial charge in [-0.15, -0.1) is 0 Å². The van der Waals surface area contributed by atoms with Gasteiger partial charge < -0.3 is 10.1 Å². The Kier molecular flexibility index (Phi) is 4.78. The number of benzene rings is 1. The van der Waals surface area contributed by atoms with Crippen molar-refractivity contribution in [1.29, 1.82) is 0 Å². The minimum atomic E-state index is 0.276. The van der Waals surface area contributed by atoms with Gasteiger partial charge in [0, 0.05) is 7.05 Å². The SMILES string of the molecule is CNc1ncnc(Oc2ccc(C(C)C)cc2)c1C(C)C. The molecule has 0 spiro atoms. The molecule has 0 radical (unpaired) electrons. The standard InChI is InChI=1S/C17H23N3O/c1-11(2)13-6-8-14(9-7-13)21-17-15(12(3)4)16(18-5)19-10-20-17/h6-12H,1-5H3,(H,18,19,20). The van der Waals surface area contributed by atoms with E-state index in [0.717, 1.165) is 17.1 Å². The van der Waals surface area contributed by atoms with Gasteiger partial charge in [-0.1, -0.05) is 39.8 Å². The summed E-state index contributed by atoms with van der Waals surface area (Å²) in [5.74, 6) is 3.01. The average Bonchev–Trinajstić information content (AvgIpc) is 2.47. The van der Waals surface area contributed by atoms with Crippen LogP contribution in [0.1, 0.15) is 50.7 Å². The van der Waals surface area contributed by atoms with Gasteiger partial charge in [-0.3, -0.25) is 0 Å². The highest BCUT2D eigenvalue weighted by molar-refractivity contribution is 5.51. The lowest BCUT2D eigenvalue weighted by Crippen LogP contribution is -2.04. The maximum atomic E-state index is 5.96. The zero-order valence-electron chi connectivity index (χ0n) is 13.3. The zero-order chi connectivity index (χ0) is 15.4. The second-order valence-electron chi connectivity index (χ2n) is 5.67. The fraction of sp³-hybridized carbons (Fsp3) is 0.412. The summed E-state index contributed by atoms with van der Waals surface area (Å²) < 4.78 is 5.96. The maximum absolute atomic E-state index is 5.96. The van der Waals surface area contributed by atoms with Crippen molar-refractivity contribution in [3.05, 3.63) is 41.7 Å². The molecule has 0 fully saturated rings. The summed E-state index contributed by atoms with van der Waals surface area (Å²) in [5, 5.41) is 3.10. The monoisotopic (exact) mass is 285 g/mol. The summed E-state index contributed by atoms with van der Waals surface area (Å²) in [6.07, 6.45) is 1.52. The van der Waals surface area contributed by atoms with Crippen molar-refractivity contribution >= 4 is 5.82 Å². The molecule has 21 heavy (non-hydrogen) atoms. The molecule has 1 N–H and O–H groups in total. The number of anilines is 1. The van der Waals surface area contributed by atoms with E-state index in [4.69, 9.17) is 4.74 Å². The number of nitrogens with zero attached hydrogens (tertiary/aromatic N) is 2. The molecule has 0 unspecified atom stereocenters. The number of hydrogen-bond acceptors (Lipinski definition) is 4. The lowest BCUT2D eigenvalue weighted by atomic mass is 10.0. The van der Waals surface area contributed by atoms with Crippen molar-refractivity contribution < 1.29 is 4.74 Å². The van der Waals surface area contributed by atoms with Crippen LogP contribution in [-0.2, 0) is 0 Å². The first-order chi connectivity index (χ1) is 10.0. The van der Waals surface area contributed by atoms with Crippen molar-refractivity contribution in [2.24, 2.45) is 0 Å². The Morgan fingerprint density at radius 2 is 1.62 bits per heavy atom.